The summed E-state index contributed by atoms with van der Waals surface area (Å²) in [5.74, 6) is 0.933. The molecule has 1 saturated carbocycles. The van der Waals surface area contributed by atoms with Crippen LogP contribution in [-0.4, -0.2) is 38.4 Å². The Morgan fingerprint density at radius 1 is 1.25 bits per heavy atom. The largest absolute Gasteiger partial charge is 0.378 e. The molecule has 3 nitrogen and oxygen atoms in total. The van der Waals surface area contributed by atoms with Gasteiger partial charge in [0.15, 0.2) is 0 Å². The number of morpholine rings is 1. The highest BCUT2D eigenvalue weighted by Gasteiger charge is 2.18. The average molecular weight is 226 g/mol. The molecule has 3 atom stereocenters. The molecule has 1 aliphatic heterocycles. The van der Waals surface area contributed by atoms with Crippen LogP contribution in [0.25, 0.3) is 0 Å². The van der Waals surface area contributed by atoms with Crippen LogP contribution in [0.15, 0.2) is 0 Å². The average Bonchev–Trinajstić information content (AvgIpc) is 2.53. The van der Waals surface area contributed by atoms with E-state index in [9.17, 15) is 0 Å². The van der Waals surface area contributed by atoms with E-state index in [0.29, 0.717) is 6.04 Å². The quantitative estimate of drug-likeness (QED) is 0.716. The van der Waals surface area contributed by atoms with E-state index in [-0.39, 0.29) is 0 Å². The van der Waals surface area contributed by atoms with E-state index in [1.165, 1.54) is 32.1 Å². The Balaban J connectivity index is 1.64. The molecule has 0 radical (unpaired) electrons. The van der Waals surface area contributed by atoms with Crippen LogP contribution in [0.3, 0.4) is 0 Å². The third-order valence-corrected chi connectivity index (χ3v) is 3.91. The molecular weight excluding hydrogens is 200 g/mol. The minimum absolute atomic E-state index is 0.523. The van der Waals surface area contributed by atoms with Gasteiger partial charge >= 0.3 is 0 Å². The van der Waals surface area contributed by atoms with Gasteiger partial charge in [0, 0.05) is 25.2 Å². The zero-order valence-electron chi connectivity index (χ0n) is 10.5. The minimum atomic E-state index is 0.523. The summed E-state index contributed by atoms with van der Waals surface area (Å²) >= 11 is 0. The molecule has 1 aliphatic carbocycles. The number of hydrogen-bond donors (Lipinski definition) is 2. The summed E-state index contributed by atoms with van der Waals surface area (Å²) in [6.45, 7) is 6.21. The highest BCUT2D eigenvalue weighted by molar-refractivity contribution is 4.78. The van der Waals surface area contributed by atoms with Crippen molar-refractivity contribution in [2.75, 3.05) is 26.3 Å². The number of nitrogens with one attached hydrogen (secondary N) is 2. The molecule has 0 bridgehead atoms. The molecule has 1 saturated heterocycles. The number of rotatable bonds is 3. The lowest BCUT2D eigenvalue weighted by molar-refractivity contribution is 0.0756. The standard InChI is InChI=1S/C13H26N2O/c1-11-3-2-4-12(6-5-11)15-9-13-10-16-8-7-14-13/h11-15H,2-10H2,1H3. The number of ether oxygens (including phenoxy) is 1. The van der Waals surface area contributed by atoms with E-state index < -0.39 is 0 Å². The van der Waals surface area contributed by atoms with Crippen LogP contribution in [-0.2, 0) is 4.74 Å². The minimum Gasteiger partial charge on any atom is -0.378 e. The second kappa shape index (κ2) is 6.58. The number of hydrogen-bond acceptors (Lipinski definition) is 3. The molecule has 0 amide bonds. The molecule has 16 heavy (non-hydrogen) atoms. The van der Waals surface area contributed by atoms with Crippen LogP contribution in [0.2, 0.25) is 0 Å². The molecule has 2 rings (SSSR count). The van der Waals surface area contributed by atoms with Gasteiger partial charge in [-0.1, -0.05) is 19.8 Å². The molecule has 3 unspecified atom stereocenters. The third kappa shape index (κ3) is 4.04. The van der Waals surface area contributed by atoms with Crippen molar-refractivity contribution >= 4 is 0 Å². The van der Waals surface area contributed by atoms with Crippen molar-refractivity contribution in [2.45, 2.75) is 51.1 Å². The molecule has 2 aliphatic rings. The summed E-state index contributed by atoms with van der Waals surface area (Å²) in [7, 11) is 0. The second-order valence-electron chi connectivity index (χ2n) is 5.44. The van der Waals surface area contributed by atoms with Gasteiger partial charge in [-0.25, -0.2) is 0 Å². The van der Waals surface area contributed by atoms with Gasteiger partial charge in [0.05, 0.1) is 13.2 Å². The lowest BCUT2D eigenvalue weighted by Gasteiger charge is -2.26. The Kier molecular flexibility index (Phi) is 5.07. The molecule has 94 valence electrons. The van der Waals surface area contributed by atoms with E-state index in [1.807, 2.05) is 0 Å². The molecule has 0 aromatic heterocycles. The fourth-order valence-corrected chi connectivity index (χ4v) is 2.75. The summed E-state index contributed by atoms with van der Waals surface area (Å²) in [5.41, 5.74) is 0. The van der Waals surface area contributed by atoms with Crippen LogP contribution in [0, 0.1) is 5.92 Å². The van der Waals surface area contributed by atoms with Gasteiger partial charge in [0.1, 0.15) is 0 Å². The predicted octanol–water partition coefficient (Wildman–Crippen LogP) is 1.53. The third-order valence-electron chi connectivity index (χ3n) is 3.91. The SMILES string of the molecule is CC1CCCC(NCC2COCCN2)CC1. The Labute approximate surface area is 99.3 Å². The fraction of sp³-hybridized carbons (Fsp3) is 1.00. The Morgan fingerprint density at radius 3 is 3.00 bits per heavy atom. The lowest BCUT2D eigenvalue weighted by Crippen LogP contribution is -2.49. The van der Waals surface area contributed by atoms with Gasteiger partial charge in [0.25, 0.3) is 0 Å². The first-order chi connectivity index (χ1) is 7.84. The molecule has 2 N–H and O–H groups in total. The zero-order valence-corrected chi connectivity index (χ0v) is 10.5. The normalized spacial score (nSPS) is 36.9. The lowest BCUT2D eigenvalue weighted by atomic mass is 10.0. The van der Waals surface area contributed by atoms with Gasteiger partial charge in [-0.15, -0.1) is 0 Å². The van der Waals surface area contributed by atoms with Crippen molar-refractivity contribution in [1.29, 1.82) is 0 Å². The van der Waals surface area contributed by atoms with E-state index >= 15 is 0 Å². The van der Waals surface area contributed by atoms with Crippen LogP contribution >= 0.6 is 0 Å². The summed E-state index contributed by atoms with van der Waals surface area (Å²) in [6.07, 6.45) is 6.93. The Morgan fingerprint density at radius 2 is 2.19 bits per heavy atom. The first-order valence-electron chi connectivity index (χ1n) is 6.89. The van der Waals surface area contributed by atoms with Crippen LogP contribution in [0.4, 0.5) is 0 Å². The summed E-state index contributed by atoms with van der Waals surface area (Å²) in [6, 6.07) is 1.27. The molecule has 2 fully saturated rings. The van der Waals surface area contributed by atoms with E-state index in [2.05, 4.69) is 17.6 Å². The smallest absolute Gasteiger partial charge is 0.0632 e. The van der Waals surface area contributed by atoms with Gasteiger partial charge in [-0.3, -0.25) is 0 Å². The molecular formula is C13H26N2O. The summed E-state index contributed by atoms with van der Waals surface area (Å²) in [5, 5.41) is 7.20. The van der Waals surface area contributed by atoms with Gasteiger partial charge < -0.3 is 15.4 Å². The monoisotopic (exact) mass is 226 g/mol. The van der Waals surface area contributed by atoms with Crippen molar-refractivity contribution in [2.24, 2.45) is 5.92 Å². The molecule has 0 aromatic rings. The van der Waals surface area contributed by atoms with Gasteiger partial charge in [0.2, 0.25) is 0 Å². The zero-order chi connectivity index (χ0) is 11.2. The maximum Gasteiger partial charge on any atom is 0.0632 e. The van der Waals surface area contributed by atoms with Crippen LogP contribution in [0.5, 0.6) is 0 Å². The first-order valence-corrected chi connectivity index (χ1v) is 6.89. The van der Waals surface area contributed by atoms with Crippen LogP contribution < -0.4 is 10.6 Å². The van der Waals surface area contributed by atoms with Crippen LogP contribution in [0.1, 0.15) is 39.0 Å². The van der Waals surface area contributed by atoms with Crippen molar-refractivity contribution in [3.63, 3.8) is 0 Å². The Bertz CT molecular complexity index is 192. The maximum absolute atomic E-state index is 5.46. The summed E-state index contributed by atoms with van der Waals surface area (Å²) in [4.78, 5) is 0. The molecule has 1 heterocycles. The molecule has 3 heteroatoms. The van der Waals surface area contributed by atoms with E-state index in [1.54, 1.807) is 0 Å². The van der Waals surface area contributed by atoms with E-state index in [0.717, 1.165) is 38.3 Å². The summed E-state index contributed by atoms with van der Waals surface area (Å²) < 4.78 is 5.46. The van der Waals surface area contributed by atoms with Crippen molar-refractivity contribution < 1.29 is 4.74 Å². The Hall–Kier alpha value is -0.120. The highest BCUT2D eigenvalue weighted by Crippen LogP contribution is 2.22. The predicted molar refractivity (Wildman–Crippen MR) is 66.6 cm³/mol. The topological polar surface area (TPSA) is 33.3 Å². The molecule has 0 aromatic carbocycles. The van der Waals surface area contributed by atoms with E-state index in [4.69, 9.17) is 4.74 Å². The molecule has 0 spiro atoms. The van der Waals surface area contributed by atoms with Crippen molar-refractivity contribution in [3.05, 3.63) is 0 Å². The van der Waals surface area contributed by atoms with Gasteiger partial charge in [-0.05, 0) is 25.2 Å². The highest BCUT2D eigenvalue weighted by atomic mass is 16.5. The van der Waals surface area contributed by atoms with Crippen molar-refractivity contribution in [1.82, 2.24) is 10.6 Å². The maximum atomic E-state index is 5.46. The van der Waals surface area contributed by atoms with Gasteiger partial charge in [-0.2, -0.15) is 0 Å². The second-order valence-corrected chi connectivity index (χ2v) is 5.44. The first kappa shape index (κ1) is 12.3. The fourth-order valence-electron chi connectivity index (χ4n) is 2.75. The van der Waals surface area contributed by atoms with Crippen molar-refractivity contribution in [3.8, 4) is 0 Å².